The highest BCUT2D eigenvalue weighted by molar-refractivity contribution is 5.85. The normalized spacial score (nSPS) is 10.8. The number of hydrogen-bond donors (Lipinski definition) is 2. The minimum atomic E-state index is -0.190. The highest BCUT2D eigenvalue weighted by Crippen LogP contribution is 2.20. The first-order valence-electron chi connectivity index (χ1n) is 7.55. The van der Waals surface area contributed by atoms with Crippen molar-refractivity contribution >= 4 is 22.7 Å². The number of rotatable bonds is 7. The largest absolute Gasteiger partial charge is 0.497 e. The number of carbonyl (C=O) groups is 2. The van der Waals surface area contributed by atoms with Gasteiger partial charge in [-0.05, 0) is 32.0 Å². The van der Waals surface area contributed by atoms with Crippen LogP contribution >= 0.6 is 0 Å². The number of nitrogens with zero attached hydrogens (tertiary/aromatic N) is 2. The van der Waals surface area contributed by atoms with Gasteiger partial charge in [-0.1, -0.05) is 0 Å². The number of aryl methyl sites for hydroxylation is 1. The maximum absolute atomic E-state index is 11.8. The minimum Gasteiger partial charge on any atom is -0.497 e. The second-order valence-corrected chi connectivity index (χ2v) is 5.54. The van der Waals surface area contributed by atoms with Gasteiger partial charge >= 0.3 is 0 Å². The minimum absolute atomic E-state index is 0.00589. The molecule has 0 atom stereocenters. The summed E-state index contributed by atoms with van der Waals surface area (Å²) < 4.78 is 6.94. The van der Waals surface area contributed by atoms with E-state index >= 15 is 0 Å². The molecule has 0 saturated carbocycles. The number of fused-ring (bicyclic) bond motifs is 1. The van der Waals surface area contributed by atoms with E-state index in [0.717, 1.165) is 16.7 Å². The van der Waals surface area contributed by atoms with Crippen LogP contribution in [0.2, 0.25) is 0 Å². The molecule has 2 N–H and O–H groups in total. The number of hydrogen-bond acceptors (Lipinski definition) is 4. The Bertz CT molecular complexity index is 694. The second kappa shape index (κ2) is 7.62. The van der Waals surface area contributed by atoms with Crippen molar-refractivity contribution < 1.29 is 14.3 Å². The van der Waals surface area contributed by atoms with Crippen LogP contribution in [0.25, 0.3) is 10.9 Å². The quantitative estimate of drug-likeness (QED) is 0.800. The predicted molar refractivity (Wildman–Crippen MR) is 87.2 cm³/mol. The average molecular weight is 318 g/mol. The molecule has 2 rings (SSSR count). The molecule has 2 amide bonds. The van der Waals surface area contributed by atoms with Crippen LogP contribution in [0.1, 0.15) is 20.3 Å². The highest BCUT2D eigenvalue weighted by Gasteiger charge is 2.09. The highest BCUT2D eigenvalue weighted by atomic mass is 16.5. The van der Waals surface area contributed by atoms with E-state index in [0.29, 0.717) is 6.54 Å². The van der Waals surface area contributed by atoms with Crippen LogP contribution in [0.3, 0.4) is 0 Å². The van der Waals surface area contributed by atoms with E-state index < -0.39 is 0 Å². The van der Waals surface area contributed by atoms with Gasteiger partial charge in [-0.2, -0.15) is 5.10 Å². The molecule has 0 aliphatic heterocycles. The second-order valence-electron chi connectivity index (χ2n) is 5.54. The zero-order valence-corrected chi connectivity index (χ0v) is 13.6. The number of carbonyl (C=O) groups excluding carboxylic acids is 2. The molecule has 0 fully saturated rings. The van der Waals surface area contributed by atoms with Gasteiger partial charge < -0.3 is 15.4 Å². The van der Waals surface area contributed by atoms with Crippen molar-refractivity contribution in [2.75, 3.05) is 13.7 Å². The molecule has 0 spiro atoms. The molecule has 0 radical (unpaired) electrons. The number of ether oxygens (including phenoxy) is 1. The summed E-state index contributed by atoms with van der Waals surface area (Å²) in [7, 11) is 1.62. The van der Waals surface area contributed by atoms with Gasteiger partial charge in [0.05, 0.1) is 31.9 Å². The Morgan fingerprint density at radius 3 is 2.78 bits per heavy atom. The first kappa shape index (κ1) is 16.8. The van der Waals surface area contributed by atoms with E-state index in [1.165, 1.54) is 0 Å². The third kappa shape index (κ3) is 4.70. The summed E-state index contributed by atoms with van der Waals surface area (Å²) in [5.41, 5.74) is 0.941. The van der Waals surface area contributed by atoms with Crippen molar-refractivity contribution in [1.82, 2.24) is 20.4 Å². The lowest BCUT2D eigenvalue weighted by Gasteiger charge is -2.09. The van der Waals surface area contributed by atoms with Crippen LogP contribution in [0, 0.1) is 0 Å². The van der Waals surface area contributed by atoms with Gasteiger partial charge in [-0.3, -0.25) is 14.3 Å². The first-order chi connectivity index (χ1) is 11.0. The standard InChI is InChI=1S/C16H22N4O3/c1-11(2)19-16(22)10-17-15(21)6-7-20-14-5-4-13(23-3)8-12(14)9-18-20/h4-5,8-9,11H,6-7,10H2,1-3H3,(H,17,21)(H,19,22). The van der Waals surface area contributed by atoms with Gasteiger partial charge in [0.15, 0.2) is 0 Å². The van der Waals surface area contributed by atoms with Crippen molar-refractivity contribution in [3.63, 3.8) is 0 Å². The molecule has 7 heteroatoms. The zero-order valence-electron chi connectivity index (χ0n) is 13.6. The Kier molecular flexibility index (Phi) is 5.56. The molecule has 0 saturated heterocycles. The van der Waals surface area contributed by atoms with E-state index in [9.17, 15) is 9.59 Å². The smallest absolute Gasteiger partial charge is 0.239 e. The zero-order chi connectivity index (χ0) is 16.8. The van der Waals surface area contributed by atoms with Crippen LogP contribution in [0.4, 0.5) is 0 Å². The van der Waals surface area contributed by atoms with E-state index in [-0.39, 0.29) is 30.8 Å². The van der Waals surface area contributed by atoms with Gasteiger partial charge in [0.2, 0.25) is 11.8 Å². The molecule has 0 bridgehead atoms. The topological polar surface area (TPSA) is 85.2 Å². The first-order valence-corrected chi connectivity index (χ1v) is 7.55. The molecule has 1 heterocycles. The molecule has 1 aromatic heterocycles. The Morgan fingerprint density at radius 2 is 2.09 bits per heavy atom. The van der Waals surface area contributed by atoms with Crippen molar-refractivity contribution in [1.29, 1.82) is 0 Å². The summed E-state index contributed by atoms with van der Waals surface area (Å²) in [4.78, 5) is 23.3. The summed E-state index contributed by atoms with van der Waals surface area (Å²) in [5, 5.41) is 10.6. The van der Waals surface area contributed by atoms with Crippen molar-refractivity contribution in [3.05, 3.63) is 24.4 Å². The fourth-order valence-electron chi connectivity index (χ4n) is 2.22. The molecule has 7 nitrogen and oxygen atoms in total. The molecule has 1 aromatic carbocycles. The van der Waals surface area contributed by atoms with Gasteiger partial charge in [-0.25, -0.2) is 0 Å². The van der Waals surface area contributed by atoms with Gasteiger partial charge in [-0.15, -0.1) is 0 Å². The Labute approximate surface area is 135 Å². The summed E-state index contributed by atoms with van der Waals surface area (Å²) in [6.07, 6.45) is 2.00. The summed E-state index contributed by atoms with van der Waals surface area (Å²) in [6, 6.07) is 5.73. The third-order valence-corrected chi connectivity index (χ3v) is 3.30. The monoisotopic (exact) mass is 318 g/mol. The molecule has 23 heavy (non-hydrogen) atoms. The summed E-state index contributed by atoms with van der Waals surface area (Å²) >= 11 is 0. The number of methoxy groups -OCH3 is 1. The van der Waals surface area contributed by atoms with Crippen molar-refractivity contribution in [2.45, 2.75) is 32.9 Å². The lowest BCUT2D eigenvalue weighted by molar-refractivity contribution is -0.126. The molecule has 0 aliphatic carbocycles. The van der Waals surface area contributed by atoms with Crippen molar-refractivity contribution in [3.8, 4) is 5.75 Å². The van der Waals surface area contributed by atoms with Crippen LogP contribution in [0.15, 0.2) is 24.4 Å². The van der Waals surface area contributed by atoms with Crippen LogP contribution in [-0.4, -0.2) is 41.3 Å². The van der Waals surface area contributed by atoms with E-state index in [1.54, 1.807) is 18.0 Å². The number of aromatic nitrogens is 2. The molecule has 2 aromatic rings. The Hall–Kier alpha value is -2.57. The fraction of sp³-hybridized carbons (Fsp3) is 0.438. The molecule has 0 aliphatic rings. The van der Waals surface area contributed by atoms with E-state index in [4.69, 9.17) is 4.74 Å². The molecule has 0 unspecified atom stereocenters. The van der Waals surface area contributed by atoms with Gasteiger partial charge in [0, 0.05) is 17.8 Å². The van der Waals surface area contributed by atoms with Gasteiger partial charge in [0.1, 0.15) is 5.75 Å². The lowest BCUT2D eigenvalue weighted by atomic mass is 10.2. The van der Waals surface area contributed by atoms with Crippen LogP contribution < -0.4 is 15.4 Å². The van der Waals surface area contributed by atoms with Crippen LogP contribution in [0.5, 0.6) is 5.75 Å². The summed E-state index contributed by atoms with van der Waals surface area (Å²) in [5.74, 6) is 0.400. The predicted octanol–water partition coefficient (Wildman–Crippen LogP) is 1.08. The van der Waals surface area contributed by atoms with Gasteiger partial charge in [0.25, 0.3) is 0 Å². The number of nitrogens with one attached hydrogen (secondary N) is 2. The fourth-order valence-corrected chi connectivity index (χ4v) is 2.22. The maximum atomic E-state index is 11.8. The molecular formula is C16H22N4O3. The number of amides is 2. The third-order valence-electron chi connectivity index (χ3n) is 3.30. The van der Waals surface area contributed by atoms with Crippen molar-refractivity contribution in [2.24, 2.45) is 0 Å². The Morgan fingerprint density at radius 1 is 1.30 bits per heavy atom. The molecular weight excluding hydrogens is 296 g/mol. The van der Waals surface area contributed by atoms with E-state index in [2.05, 4.69) is 15.7 Å². The SMILES string of the molecule is COc1ccc2c(cnn2CCC(=O)NCC(=O)NC(C)C)c1. The lowest BCUT2D eigenvalue weighted by Crippen LogP contribution is -2.40. The Balaban J connectivity index is 1.86. The number of benzene rings is 1. The average Bonchev–Trinajstić information content (AvgIpc) is 2.92. The van der Waals surface area contributed by atoms with E-state index in [1.807, 2.05) is 32.0 Å². The maximum Gasteiger partial charge on any atom is 0.239 e. The molecule has 124 valence electrons. The van der Waals surface area contributed by atoms with Crippen LogP contribution in [-0.2, 0) is 16.1 Å². The summed E-state index contributed by atoms with van der Waals surface area (Å²) in [6.45, 7) is 4.19.